The number of hydrogen-bond acceptors (Lipinski definition) is 4. The molecule has 5 rings (SSSR count). The molecule has 5 saturated carbocycles. The van der Waals surface area contributed by atoms with Crippen molar-refractivity contribution in [2.75, 3.05) is 6.61 Å². The quantitative estimate of drug-likeness (QED) is 0.474. The summed E-state index contributed by atoms with van der Waals surface area (Å²) in [4.78, 5) is 25.8. The van der Waals surface area contributed by atoms with Crippen LogP contribution in [-0.2, 0) is 9.59 Å². The molecule has 0 radical (unpaired) electrons. The van der Waals surface area contributed by atoms with Crippen LogP contribution in [0, 0.1) is 56.7 Å². The Hall–Kier alpha value is -1.20. The van der Waals surface area contributed by atoms with E-state index < -0.39 is 22.9 Å². The molecule has 11 atom stereocenters. The Labute approximate surface area is 210 Å². The maximum absolute atomic E-state index is 13.0. The van der Waals surface area contributed by atoms with Gasteiger partial charge in [0.1, 0.15) is 5.78 Å². The number of rotatable bonds is 3. The average molecular weight is 487 g/mol. The van der Waals surface area contributed by atoms with E-state index in [1.165, 1.54) is 0 Å². The molecule has 0 bridgehead atoms. The topological polar surface area (TPSA) is 94.8 Å². The highest BCUT2D eigenvalue weighted by Crippen LogP contribution is 2.77. The Morgan fingerprint density at radius 1 is 1.03 bits per heavy atom. The molecule has 5 fully saturated rings. The van der Waals surface area contributed by atoms with Gasteiger partial charge in [-0.2, -0.15) is 0 Å². The van der Waals surface area contributed by atoms with Crippen molar-refractivity contribution >= 4 is 11.8 Å². The number of carboxylic acids is 1. The summed E-state index contributed by atoms with van der Waals surface area (Å²) in [6, 6.07) is 0. The van der Waals surface area contributed by atoms with Crippen LogP contribution in [0.3, 0.4) is 0 Å². The third-order valence-corrected chi connectivity index (χ3v) is 13.5. The fraction of sp³-hybridized carbons (Fsp3) is 0.867. The van der Waals surface area contributed by atoms with Crippen LogP contribution in [-0.4, -0.2) is 39.8 Å². The molecule has 5 aliphatic carbocycles. The molecule has 0 spiro atoms. The summed E-state index contributed by atoms with van der Waals surface area (Å²) in [7, 11) is 0. The molecule has 0 unspecified atom stereocenters. The van der Waals surface area contributed by atoms with Gasteiger partial charge in [0.05, 0.1) is 23.5 Å². The molecule has 5 nitrogen and oxygen atoms in total. The first kappa shape index (κ1) is 25.4. The van der Waals surface area contributed by atoms with Crippen LogP contribution in [0.25, 0.3) is 0 Å². The summed E-state index contributed by atoms with van der Waals surface area (Å²) in [5.74, 6) is 0.241. The molecule has 0 heterocycles. The maximum Gasteiger partial charge on any atom is 0.309 e. The van der Waals surface area contributed by atoms with Crippen molar-refractivity contribution < 1.29 is 24.9 Å². The number of carbonyl (C=O) groups is 2. The molecule has 0 aromatic heterocycles. The van der Waals surface area contributed by atoms with Crippen molar-refractivity contribution in [3.05, 3.63) is 12.2 Å². The van der Waals surface area contributed by atoms with Gasteiger partial charge in [0, 0.05) is 11.8 Å². The van der Waals surface area contributed by atoms with Gasteiger partial charge < -0.3 is 15.3 Å². The van der Waals surface area contributed by atoms with E-state index in [0.717, 1.165) is 44.1 Å². The highest BCUT2D eigenvalue weighted by atomic mass is 16.4. The zero-order valence-corrected chi connectivity index (χ0v) is 22.4. The molecule has 0 aromatic rings. The SMILES string of the molecule is C=C(C)[C@@H]1CC[C@]2(C(=O)O)CC[C@]3(C)[C@H](CC[C@@H]4[C@@]5(C)CCC(=O)[C@@](C)(CO)[C@@H]5C[C@H](O)[C@]43C)[C@@H]12. The number of aliphatic hydroxyl groups is 2. The van der Waals surface area contributed by atoms with Gasteiger partial charge >= 0.3 is 5.97 Å². The molecule has 0 amide bonds. The Kier molecular flexibility index (Phi) is 5.57. The Balaban J connectivity index is 1.61. The van der Waals surface area contributed by atoms with Crippen molar-refractivity contribution in [3.8, 4) is 0 Å². The predicted octanol–water partition coefficient (Wildman–Crippen LogP) is 5.24. The summed E-state index contributed by atoms with van der Waals surface area (Å²) < 4.78 is 0. The van der Waals surface area contributed by atoms with E-state index in [1.807, 2.05) is 6.92 Å². The Morgan fingerprint density at radius 2 is 1.71 bits per heavy atom. The largest absolute Gasteiger partial charge is 0.481 e. The van der Waals surface area contributed by atoms with Gasteiger partial charge in [-0.3, -0.25) is 9.59 Å². The minimum absolute atomic E-state index is 0.0363. The van der Waals surface area contributed by atoms with Gasteiger partial charge in [0.2, 0.25) is 0 Å². The lowest BCUT2D eigenvalue weighted by molar-refractivity contribution is -0.274. The molecule has 0 saturated heterocycles. The van der Waals surface area contributed by atoms with E-state index in [9.17, 15) is 24.9 Å². The van der Waals surface area contributed by atoms with Crippen LogP contribution in [0.2, 0.25) is 0 Å². The third kappa shape index (κ3) is 2.83. The molecule has 5 heteroatoms. The summed E-state index contributed by atoms with van der Waals surface area (Å²) in [5.41, 5.74) is -1.02. The smallest absolute Gasteiger partial charge is 0.309 e. The molecular formula is C30H46O5. The Morgan fingerprint density at radius 3 is 2.31 bits per heavy atom. The van der Waals surface area contributed by atoms with Gasteiger partial charge in [0.15, 0.2) is 0 Å². The van der Waals surface area contributed by atoms with E-state index in [0.29, 0.717) is 19.3 Å². The number of fused-ring (bicyclic) bond motifs is 7. The molecule has 5 aliphatic rings. The first-order chi connectivity index (χ1) is 16.2. The van der Waals surface area contributed by atoms with Gasteiger partial charge in [0.25, 0.3) is 0 Å². The maximum atomic E-state index is 13.0. The molecule has 35 heavy (non-hydrogen) atoms. The lowest BCUT2D eigenvalue weighted by Crippen LogP contribution is -2.71. The number of aliphatic carboxylic acids is 1. The van der Waals surface area contributed by atoms with Gasteiger partial charge in [-0.15, -0.1) is 0 Å². The van der Waals surface area contributed by atoms with Gasteiger partial charge in [-0.05, 0) is 98.7 Å². The van der Waals surface area contributed by atoms with Gasteiger partial charge in [-0.1, -0.05) is 39.8 Å². The van der Waals surface area contributed by atoms with E-state index in [1.54, 1.807) is 0 Å². The summed E-state index contributed by atoms with van der Waals surface area (Å²) in [5, 5.41) is 32.8. The minimum Gasteiger partial charge on any atom is -0.481 e. The number of aliphatic hydroxyl groups excluding tert-OH is 2. The molecular weight excluding hydrogens is 440 g/mol. The number of allylic oxidation sites excluding steroid dienone is 1. The summed E-state index contributed by atoms with van der Waals surface area (Å²) in [6.45, 7) is 15.1. The standard InChI is InChI=1S/C30H46O5/c1-17(2)18-9-12-30(25(34)35)14-13-28(5)19(24(18)30)7-8-20-26(3)11-10-22(32)27(4,16-31)21(26)15-23(33)29(20,28)6/h18-21,23-24,31,33H,1,7-16H2,2-6H3,(H,34,35)/t18-,19+,20+,21+,23-,24+,26+,27-,28+,29-,30-/m0/s1. The average Bonchev–Trinajstić information content (AvgIpc) is 3.21. The number of hydrogen-bond donors (Lipinski definition) is 3. The summed E-state index contributed by atoms with van der Waals surface area (Å²) in [6.07, 6.45) is 6.33. The lowest BCUT2D eigenvalue weighted by Gasteiger charge is -2.73. The van der Waals surface area contributed by atoms with E-state index in [4.69, 9.17) is 0 Å². The summed E-state index contributed by atoms with van der Waals surface area (Å²) >= 11 is 0. The predicted molar refractivity (Wildman–Crippen MR) is 134 cm³/mol. The molecule has 196 valence electrons. The zero-order valence-electron chi connectivity index (χ0n) is 22.4. The lowest BCUT2D eigenvalue weighted by atomic mass is 9.31. The van der Waals surface area contributed by atoms with Crippen molar-refractivity contribution in [2.24, 2.45) is 56.7 Å². The monoisotopic (exact) mass is 486 g/mol. The van der Waals surface area contributed by atoms with Crippen LogP contribution in [0.5, 0.6) is 0 Å². The van der Waals surface area contributed by atoms with E-state index in [-0.39, 0.29) is 58.2 Å². The number of carbonyl (C=O) groups excluding carboxylic acids is 1. The Bertz CT molecular complexity index is 958. The van der Waals surface area contributed by atoms with Crippen molar-refractivity contribution in [1.29, 1.82) is 0 Å². The number of ketones is 1. The fourth-order valence-corrected chi connectivity index (χ4v) is 11.3. The second-order valence-electron chi connectivity index (χ2n) is 14.2. The van der Waals surface area contributed by atoms with Crippen molar-refractivity contribution in [1.82, 2.24) is 0 Å². The third-order valence-electron chi connectivity index (χ3n) is 13.5. The minimum atomic E-state index is -0.797. The van der Waals surface area contributed by atoms with Crippen molar-refractivity contribution in [3.63, 3.8) is 0 Å². The molecule has 3 N–H and O–H groups in total. The van der Waals surface area contributed by atoms with Gasteiger partial charge in [-0.25, -0.2) is 0 Å². The molecule has 0 aliphatic heterocycles. The second kappa shape index (κ2) is 7.66. The highest BCUT2D eigenvalue weighted by molar-refractivity contribution is 5.86. The number of Topliss-reactive ketones (excluding diaryl/α,β-unsaturated/α-hetero) is 1. The van der Waals surface area contributed by atoms with Crippen LogP contribution in [0.1, 0.15) is 92.4 Å². The van der Waals surface area contributed by atoms with Crippen LogP contribution in [0.4, 0.5) is 0 Å². The van der Waals surface area contributed by atoms with Crippen LogP contribution >= 0.6 is 0 Å². The molecule has 0 aromatic carbocycles. The normalized spacial score (nSPS) is 55.3. The second-order valence-corrected chi connectivity index (χ2v) is 14.2. The highest BCUT2D eigenvalue weighted by Gasteiger charge is 2.74. The van der Waals surface area contributed by atoms with Crippen LogP contribution in [0.15, 0.2) is 12.2 Å². The zero-order chi connectivity index (χ0) is 25.8. The fourth-order valence-electron chi connectivity index (χ4n) is 11.3. The number of carboxylic acid groups (broad SMARTS) is 1. The van der Waals surface area contributed by atoms with Crippen LogP contribution < -0.4 is 0 Å². The first-order valence-corrected chi connectivity index (χ1v) is 13.9. The van der Waals surface area contributed by atoms with E-state index in [2.05, 4.69) is 34.3 Å². The van der Waals surface area contributed by atoms with Crippen molar-refractivity contribution in [2.45, 2.75) is 98.5 Å². The van der Waals surface area contributed by atoms with E-state index >= 15 is 0 Å². The first-order valence-electron chi connectivity index (χ1n) is 13.9.